The van der Waals surface area contributed by atoms with E-state index in [1.54, 1.807) is 13.8 Å². The van der Waals surface area contributed by atoms with Gasteiger partial charge in [0.05, 0.1) is 22.1 Å². The number of hydrogen-bond donors (Lipinski definition) is 1. The van der Waals surface area contributed by atoms with Gasteiger partial charge in [0, 0.05) is 31.2 Å². The molecule has 1 aromatic carbocycles. The Hall–Kier alpha value is -2.31. The molecule has 1 N–H and O–H groups in total. The summed E-state index contributed by atoms with van der Waals surface area (Å²) >= 11 is 7.19. The van der Waals surface area contributed by atoms with E-state index in [4.69, 9.17) is 16.3 Å². The van der Waals surface area contributed by atoms with Crippen molar-refractivity contribution in [2.24, 2.45) is 13.0 Å². The van der Waals surface area contributed by atoms with E-state index in [9.17, 15) is 31.9 Å². The van der Waals surface area contributed by atoms with Gasteiger partial charge in [-0.3, -0.25) is 14.2 Å². The molecule has 2 unspecified atom stereocenters. The van der Waals surface area contributed by atoms with Gasteiger partial charge in [-0.1, -0.05) is 25.4 Å². The van der Waals surface area contributed by atoms with Crippen LogP contribution < -0.4 is 16.6 Å². The van der Waals surface area contributed by atoms with Crippen LogP contribution in [-0.4, -0.2) is 39.5 Å². The van der Waals surface area contributed by atoms with Gasteiger partial charge in [-0.05, 0) is 30.9 Å². The van der Waals surface area contributed by atoms with Crippen molar-refractivity contribution in [2.45, 2.75) is 49.1 Å². The predicted molar refractivity (Wildman–Crippen MR) is 124 cm³/mol. The van der Waals surface area contributed by atoms with Crippen molar-refractivity contribution in [1.82, 2.24) is 14.5 Å². The van der Waals surface area contributed by atoms with E-state index in [-0.39, 0.29) is 38.5 Å². The molecule has 1 amide bonds. The molecule has 1 saturated heterocycles. The number of rotatable bonds is 7. The Kier molecular flexibility index (Phi) is 8.38. The van der Waals surface area contributed by atoms with Crippen LogP contribution in [0.2, 0.25) is 5.02 Å². The standard InChI is InChI=1S/C22H24ClF4N3O4S/c1-11(2)19(20(32)28-10-12-5-4-6-34-12)35-16-8-15(14(24)7-13(16)23)30-18(31)9-17(22(25,26)27)29(3)21(30)33/h7-9,11-12,19H,4-6,10H2,1-3H3,(H,28,32). The number of nitrogens with zero attached hydrogens (tertiary/aromatic N) is 2. The molecular weight excluding hydrogens is 514 g/mol. The predicted octanol–water partition coefficient (Wildman–Crippen LogP) is 3.76. The SMILES string of the molecule is CC(C)C(Sc1cc(-n2c(=O)cc(C(F)(F)F)n(C)c2=O)c(F)cc1Cl)C(=O)NCC1CCCO1. The Balaban J connectivity index is 1.97. The molecular formula is C22H24ClF4N3O4S. The Morgan fingerprint density at radius 2 is 1.97 bits per heavy atom. The zero-order chi connectivity index (χ0) is 26.1. The largest absolute Gasteiger partial charge is 0.431 e. The number of ether oxygens (including phenoxy) is 1. The summed E-state index contributed by atoms with van der Waals surface area (Å²) in [6, 6.07) is 2.16. The smallest absolute Gasteiger partial charge is 0.376 e. The Morgan fingerprint density at radius 3 is 2.54 bits per heavy atom. The maximum atomic E-state index is 14.8. The highest BCUT2D eigenvalue weighted by Gasteiger charge is 2.35. The zero-order valence-electron chi connectivity index (χ0n) is 19.1. The van der Waals surface area contributed by atoms with Gasteiger partial charge in [0.2, 0.25) is 5.91 Å². The average molecular weight is 538 g/mol. The lowest BCUT2D eigenvalue weighted by atomic mass is 10.1. The van der Waals surface area contributed by atoms with E-state index in [1.165, 1.54) is 0 Å². The van der Waals surface area contributed by atoms with Crippen LogP contribution in [0.3, 0.4) is 0 Å². The van der Waals surface area contributed by atoms with Crippen molar-refractivity contribution in [1.29, 1.82) is 0 Å². The zero-order valence-corrected chi connectivity index (χ0v) is 20.7. The van der Waals surface area contributed by atoms with Crippen molar-refractivity contribution in [3.8, 4) is 5.69 Å². The van der Waals surface area contributed by atoms with Crippen LogP contribution in [0.5, 0.6) is 0 Å². The van der Waals surface area contributed by atoms with Gasteiger partial charge in [-0.25, -0.2) is 13.8 Å². The third kappa shape index (κ3) is 6.10. The Bertz CT molecular complexity index is 1220. The molecule has 1 fully saturated rings. The lowest BCUT2D eigenvalue weighted by Gasteiger charge is -2.22. The van der Waals surface area contributed by atoms with Gasteiger partial charge < -0.3 is 10.1 Å². The number of carbonyl (C=O) groups is 1. The highest BCUT2D eigenvalue weighted by atomic mass is 35.5. The molecule has 1 aromatic heterocycles. The first-order chi connectivity index (χ1) is 16.3. The molecule has 192 valence electrons. The fourth-order valence-corrected chi connectivity index (χ4v) is 5.02. The van der Waals surface area contributed by atoms with Crippen LogP contribution in [0.1, 0.15) is 32.4 Å². The van der Waals surface area contributed by atoms with E-state index in [2.05, 4.69) is 5.32 Å². The number of thioether (sulfide) groups is 1. The first-order valence-corrected chi connectivity index (χ1v) is 12.0. The van der Waals surface area contributed by atoms with Crippen LogP contribution in [0.4, 0.5) is 17.6 Å². The number of carbonyl (C=O) groups excluding carboxylic acids is 1. The van der Waals surface area contributed by atoms with Gasteiger partial charge in [-0.2, -0.15) is 13.2 Å². The fourth-order valence-electron chi connectivity index (χ4n) is 3.65. The molecule has 3 rings (SSSR count). The molecule has 35 heavy (non-hydrogen) atoms. The molecule has 1 aliphatic rings. The summed E-state index contributed by atoms with van der Waals surface area (Å²) in [5.41, 5.74) is -4.77. The Labute approximate surface area is 207 Å². The van der Waals surface area contributed by atoms with Gasteiger partial charge >= 0.3 is 11.9 Å². The molecule has 13 heteroatoms. The number of nitrogens with one attached hydrogen (secondary N) is 1. The monoisotopic (exact) mass is 537 g/mol. The third-order valence-electron chi connectivity index (χ3n) is 5.50. The molecule has 0 radical (unpaired) electrons. The van der Waals surface area contributed by atoms with Crippen LogP contribution in [0, 0.1) is 11.7 Å². The van der Waals surface area contributed by atoms with Crippen LogP contribution in [0.15, 0.2) is 32.7 Å². The third-order valence-corrected chi connectivity index (χ3v) is 7.53. The first-order valence-electron chi connectivity index (χ1n) is 10.8. The second-order valence-electron chi connectivity index (χ2n) is 8.44. The van der Waals surface area contributed by atoms with Crippen molar-refractivity contribution in [3.05, 3.63) is 55.6 Å². The van der Waals surface area contributed by atoms with Crippen molar-refractivity contribution in [2.75, 3.05) is 13.2 Å². The van der Waals surface area contributed by atoms with Crippen LogP contribution in [-0.2, 0) is 22.8 Å². The van der Waals surface area contributed by atoms with Gasteiger partial charge in [0.25, 0.3) is 5.56 Å². The molecule has 0 saturated carbocycles. The molecule has 2 atom stereocenters. The highest BCUT2D eigenvalue weighted by Crippen LogP contribution is 2.36. The number of benzene rings is 1. The molecule has 2 heterocycles. The lowest BCUT2D eigenvalue weighted by molar-refractivity contribution is -0.144. The summed E-state index contributed by atoms with van der Waals surface area (Å²) in [7, 11) is 0.831. The normalized spacial score (nSPS) is 17.1. The lowest BCUT2D eigenvalue weighted by Crippen LogP contribution is -2.41. The van der Waals surface area contributed by atoms with E-state index in [0.717, 1.165) is 43.8 Å². The van der Waals surface area contributed by atoms with Gasteiger partial charge in [0.1, 0.15) is 11.5 Å². The summed E-state index contributed by atoms with van der Waals surface area (Å²) in [6.07, 6.45) is -3.27. The topological polar surface area (TPSA) is 82.3 Å². The molecule has 1 aliphatic heterocycles. The van der Waals surface area contributed by atoms with E-state index >= 15 is 0 Å². The molecule has 0 spiro atoms. The second-order valence-corrected chi connectivity index (χ2v) is 10.0. The summed E-state index contributed by atoms with van der Waals surface area (Å²) in [6.45, 7) is 4.58. The van der Waals surface area contributed by atoms with Crippen molar-refractivity contribution in [3.63, 3.8) is 0 Å². The summed E-state index contributed by atoms with van der Waals surface area (Å²) in [5, 5.41) is 2.09. The summed E-state index contributed by atoms with van der Waals surface area (Å²) < 4.78 is 60.2. The molecule has 0 aliphatic carbocycles. The van der Waals surface area contributed by atoms with Crippen molar-refractivity contribution < 1.29 is 27.1 Å². The summed E-state index contributed by atoms with van der Waals surface area (Å²) in [4.78, 5) is 38.1. The van der Waals surface area contributed by atoms with E-state index in [0.29, 0.717) is 17.7 Å². The minimum Gasteiger partial charge on any atom is -0.376 e. The molecule has 0 bridgehead atoms. The second kappa shape index (κ2) is 10.8. The number of alkyl halides is 3. The minimum absolute atomic E-state index is 0.0689. The Morgan fingerprint density at radius 1 is 1.29 bits per heavy atom. The molecule has 2 aromatic rings. The first kappa shape index (κ1) is 27.3. The quantitative estimate of drug-likeness (QED) is 0.430. The fraction of sp³-hybridized carbons (Fsp3) is 0.500. The van der Waals surface area contributed by atoms with E-state index in [1.807, 2.05) is 0 Å². The molecule has 7 nitrogen and oxygen atoms in total. The van der Waals surface area contributed by atoms with Crippen molar-refractivity contribution >= 4 is 29.3 Å². The maximum absolute atomic E-state index is 14.8. The van der Waals surface area contributed by atoms with E-state index < -0.39 is 39.9 Å². The number of aromatic nitrogens is 2. The minimum atomic E-state index is -4.95. The van der Waals surface area contributed by atoms with Gasteiger partial charge in [-0.15, -0.1) is 11.8 Å². The van der Waals surface area contributed by atoms with Crippen LogP contribution in [0.25, 0.3) is 5.69 Å². The number of hydrogen-bond acceptors (Lipinski definition) is 5. The maximum Gasteiger partial charge on any atom is 0.431 e. The number of amides is 1. The van der Waals surface area contributed by atoms with Crippen LogP contribution >= 0.6 is 23.4 Å². The summed E-state index contributed by atoms with van der Waals surface area (Å²) in [5.74, 6) is -1.57. The highest BCUT2D eigenvalue weighted by molar-refractivity contribution is 8.00. The van der Waals surface area contributed by atoms with Gasteiger partial charge in [0.15, 0.2) is 0 Å². The number of halogens is 5. The average Bonchev–Trinajstić information content (AvgIpc) is 3.28.